The molecule has 0 unspecified atom stereocenters. The highest BCUT2D eigenvalue weighted by atomic mass is 32.1. The second-order valence-corrected chi connectivity index (χ2v) is 5.63. The Kier molecular flexibility index (Phi) is 9.17. The largest absolute Gasteiger partial charge is 0.383 e. The highest BCUT2D eigenvalue weighted by Crippen LogP contribution is 2.07. The van der Waals surface area contributed by atoms with Crippen LogP contribution in [0.1, 0.15) is 17.6 Å². The lowest BCUT2D eigenvalue weighted by Crippen LogP contribution is -2.39. The molecule has 0 saturated carbocycles. The number of aromatic nitrogens is 1. The molecule has 0 aliphatic rings. The summed E-state index contributed by atoms with van der Waals surface area (Å²) in [4.78, 5) is 20.3. The summed E-state index contributed by atoms with van der Waals surface area (Å²) in [7, 11) is 1.60. The molecule has 1 rings (SSSR count). The maximum atomic E-state index is 11.6. The van der Waals surface area contributed by atoms with Crippen LogP contribution in [-0.2, 0) is 16.0 Å². The van der Waals surface area contributed by atoms with Gasteiger partial charge in [-0.15, -0.1) is 11.3 Å². The van der Waals surface area contributed by atoms with Crippen LogP contribution in [0.5, 0.6) is 0 Å². The number of amides is 1. The number of guanidine groups is 1. The van der Waals surface area contributed by atoms with E-state index < -0.39 is 0 Å². The van der Waals surface area contributed by atoms with Crippen LogP contribution < -0.4 is 16.0 Å². The van der Waals surface area contributed by atoms with Gasteiger partial charge in [-0.05, 0) is 13.8 Å². The first kappa shape index (κ1) is 18.4. The standard InChI is InChI=1S/C14H25N5O2S/c1-4-15-14(18-9-13(20)16-7-8-21-3)17-6-5-12-10-22-11(2)19-12/h10H,4-9H2,1-3H3,(H,16,20)(H2,15,17,18). The van der Waals surface area contributed by atoms with Crippen LogP contribution in [0.3, 0.4) is 0 Å². The Hall–Kier alpha value is -1.67. The third-order valence-electron chi connectivity index (χ3n) is 2.69. The van der Waals surface area contributed by atoms with Crippen molar-refractivity contribution >= 4 is 23.2 Å². The van der Waals surface area contributed by atoms with E-state index in [1.165, 1.54) is 0 Å². The number of carbonyl (C=O) groups is 1. The minimum atomic E-state index is -0.121. The molecule has 124 valence electrons. The third-order valence-corrected chi connectivity index (χ3v) is 3.52. The van der Waals surface area contributed by atoms with Crippen molar-refractivity contribution in [2.75, 3.05) is 39.9 Å². The molecule has 0 bridgehead atoms. The van der Waals surface area contributed by atoms with Crippen LogP contribution in [0.4, 0.5) is 0 Å². The Labute approximate surface area is 135 Å². The van der Waals surface area contributed by atoms with E-state index in [0.29, 0.717) is 19.1 Å². The molecule has 1 amide bonds. The van der Waals surface area contributed by atoms with Crippen LogP contribution in [0.25, 0.3) is 0 Å². The highest BCUT2D eigenvalue weighted by Gasteiger charge is 2.03. The predicted molar refractivity (Wildman–Crippen MR) is 89.4 cm³/mol. The van der Waals surface area contributed by atoms with Gasteiger partial charge < -0.3 is 20.7 Å². The van der Waals surface area contributed by atoms with Gasteiger partial charge in [0.25, 0.3) is 0 Å². The van der Waals surface area contributed by atoms with Gasteiger partial charge in [0.1, 0.15) is 6.54 Å². The molecule has 7 nitrogen and oxygen atoms in total. The van der Waals surface area contributed by atoms with Crippen LogP contribution >= 0.6 is 11.3 Å². The van der Waals surface area contributed by atoms with E-state index in [1.807, 2.05) is 13.8 Å². The normalized spacial score (nSPS) is 11.3. The molecule has 0 aliphatic heterocycles. The van der Waals surface area contributed by atoms with Gasteiger partial charge in [-0.3, -0.25) is 4.79 Å². The average Bonchev–Trinajstić information content (AvgIpc) is 2.90. The number of aliphatic imine (C=N–C) groups is 1. The van der Waals surface area contributed by atoms with Gasteiger partial charge in [0.05, 0.1) is 17.3 Å². The molecule has 0 aromatic carbocycles. The zero-order valence-corrected chi connectivity index (χ0v) is 14.3. The SMILES string of the molecule is CCNC(=NCC(=O)NCCOC)NCCc1csc(C)n1. The zero-order chi connectivity index (χ0) is 16.2. The maximum Gasteiger partial charge on any atom is 0.241 e. The monoisotopic (exact) mass is 327 g/mol. The smallest absolute Gasteiger partial charge is 0.241 e. The number of methoxy groups -OCH3 is 1. The molecule has 1 heterocycles. The van der Waals surface area contributed by atoms with Crippen molar-refractivity contribution in [1.29, 1.82) is 0 Å². The number of nitrogens with one attached hydrogen (secondary N) is 3. The van der Waals surface area contributed by atoms with Gasteiger partial charge in [0.2, 0.25) is 5.91 Å². The summed E-state index contributed by atoms with van der Waals surface area (Å²) < 4.78 is 4.87. The number of thiazole rings is 1. The van der Waals surface area contributed by atoms with E-state index in [9.17, 15) is 4.79 Å². The van der Waals surface area contributed by atoms with Gasteiger partial charge in [-0.25, -0.2) is 9.98 Å². The molecule has 0 fully saturated rings. The molecule has 1 aromatic rings. The van der Waals surface area contributed by atoms with Crippen LogP contribution in [0, 0.1) is 6.92 Å². The Morgan fingerprint density at radius 3 is 2.82 bits per heavy atom. The lowest BCUT2D eigenvalue weighted by Gasteiger charge is -2.10. The Morgan fingerprint density at radius 1 is 1.36 bits per heavy atom. The summed E-state index contributed by atoms with van der Waals surface area (Å²) in [5.74, 6) is 0.515. The topological polar surface area (TPSA) is 87.6 Å². The van der Waals surface area contributed by atoms with Crippen LogP contribution in [-0.4, -0.2) is 56.7 Å². The van der Waals surface area contributed by atoms with E-state index in [2.05, 4.69) is 31.3 Å². The minimum absolute atomic E-state index is 0.0921. The van der Waals surface area contributed by atoms with Crippen molar-refractivity contribution in [2.45, 2.75) is 20.3 Å². The Bertz CT molecular complexity index is 476. The van der Waals surface area contributed by atoms with Gasteiger partial charge in [-0.2, -0.15) is 0 Å². The zero-order valence-electron chi connectivity index (χ0n) is 13.4. The molecule has 1 aromatic heterocycles. The van der Waals surface area contributed by atoms with Crippen molar-refractivity contribution in [1.82, 2.24) is 20.9 Å². The van der Waals surface area contributed by atoms with Crippen molar-refractivity contribution in [2.24, 2.45) is 4.99 Å². The van der Waals surface area contributed by atoms with Crippen molar-refractivity contribution < 1.29 is 9.53 Å². The van der Waals surface area contributed by atoms with E-state index >= 15 is 0 Å². The molecular weight excluding hydrogens is 302 g/mol. The van der Waals surface area contributed by atoms with E-state index in [4.69, 9.17) is 4.74 Å². The first-order valence-electron chi connectivity index (χ1n) is 7.34. The number of ether oxygens (including phenoxy) is 1. The summed E-state index contributed by atoms with van der Waals surface area (Å²) >= 11 is 1.65. The fraction of sp³-hybridized carbons (Fsp3) is 0.643. The molecule has 0 aliphatic carbocycles. The molecule has 0 spiro atoms. The quantitative estimate of drug-likeness (QED) is 0.345. The van der Waals surface area contributed by atoms with Gasteiger partial charge in [0, 0.05) is 38.5 Å². The number of hydrogen-bond donors (Lipinski definition) is 3. The molecule has 3 N–H and O–H groups in total. The van der Waals surface area contributed by atoms with Crippen molar-refractivity contribution in [3.8, 4) is 0 Å². The number of hydrogen-bond acceptors (Lipinski definition) is 5. The molecule has 8 heteroatoms. The summed E-state index contributed by atoms with van der Waals surface area (Å²) in [6.45, 7) is 6.54. The van der Waals surface area contributed by atoms with E-state index in [-0.39, 0.29) is 12.5 Å². The van der Waals surface area contributed by atoms with Crippen molar-refractivity contribution in [3.05, 3.63) is 16.1 Å². The van der Waals surface area contributed by atoms with E-state index in [0.717, 1.165) is 30.2 Å². The summed E-state index contributed by atoms with van der Waals surface area (Å²) in [5, 5.41) is 12.2. The third kappa shape index (κ3) is 7.94. The maximum absolute atomic E-state index is 11.6. The van der Waals surface area contributed by atoms with Gasteiger partial charge in [0.15, 0.2) is 5.96 Å². The predicted octanol–water partition coefficient (Wildman–Crippen LogP) is 0.312. The van der Waals surface area contributed by atoms with Gasteiger partial charge in [-0.1, -0.05) is 0 Å². The summed E-state index contributed by atoms with van der Waals surface area (Å²) in [6, 6.07) is 0. The number of rotatable bonds is 9. The molecular formula is C14H25N5O2S. The fourth-order valence-electron chi connectivity index (χ4n) is 1.67. The molecule has 0 atom stereocenters. The Balaban J connectivity index is 2.33. The van der Waals surface area contributed by atoms with Gasteiger partial charge >= 0.3 is 0 Å². The fourth-order valence-corrected chi connectivity index (χ4v) is 2.32. The number of carbonyl (C=O) groups excluding carboxylic acids is 1. The molecule has 0 radical (unpaired) electrons. The first-order valence-corrected chi connectivity index (χ1v) is 8.22. The number of nitrogens with zero attached hydrogens (tertiary/aromatic N) is 2. The molecule has 22 heavy (non-hydrogen) atoms. The van der Waals surface area contributed by atoms with Crippen LogP contribution in [0.15, 0.2) is 10.4 Å². The van der Waals surface area contributed by atoms with Crippen molar-refractivity contribution in [3.63, 3.8) is 0 Å². The molecule has 0 saturated heterocycles. The lowest BCUT2D eigenvalue weighted by atomic mass is 10.3. The first-order chi connectivity index (χ1) is 10.7. The summed E-state index contributed by atoms with van der Waals surface area (Å²) in [6.07, 6.45) is 0.828. The number of aryl methyl sites for hydroxylation is 1. The van der Waals surface area contributed by atoms with Crippen LogP contribution in [0.2, 0.25) is 0 Å². The average molecular weight is 327 g/mol. The highest BCUT2D eigenvalue weighted by molar-refractivity contribution is 7.09. The summed E-state index contributed by atoms with van der Waals surface area (Å²) in [5.41, 5.74) is 1.07. The minimum Gasteiger partial charge on any atom is -0.383 e. The lowest BCUT2D eigenvalue weighted by molar-refractivity contribution is -0.119. The Morgan fingerprint density at radius 2 is 2.18 bits per heavy atom. The second kappa shape index (κ2) is 11.0. The van der Waals surface area contributed by atoms with E-state index in [1.54, 1.807) is 18.4 Å². The second-order valence-electron chi connectivity index (χ2n) is 4.57.